The Morgan fingerprint density at radius 2 is 2.00 bits per heavy atom. The van der Waals surface area contributed by atoms with Crippen molar-refractivity contribution < 1.29 is 9.59 Å². The average Bonchev–Trinajstić information content (AvgIpc) is 3.30. The van der Waals surface area contributed by atoms with Crippen LogP contribution in [0.1, 0.15) is 13.8 Å². The Balaban J connectivity index is 1.57. The van der Waals surface area contributed by atoms with Crippen LogP contribution in [0.5, 0.6) is 0 Å². The molecule has 0 fully saturated rings. The van der Waals surface area contributed by atoms with Crippen molar-refractivity contribution in [3.63, 3.8) is 0 Å². The largest absolute Gasteiger partial charge is 0.343 e. The zero-order valence-electron chi connectivity index (χ0n) is 16.4. The third kappa shape index (κ3) is 5.71. The highest BCUT2D eigenvalue weighted by atomic mass is 32.2. The Labute approximate surface area is 181 Å². The number of rotatable bonds is 9. The number of aromatic nitrogens is 4. The van der Waals surface area contributed by atoms with E-state index in [1.807, 2.05) is 44.0 Å². The molecule has 29 heavy (non-hydrogen) atoms. The minimum absolute atomic E-state index is 0.110. The minimum Gasteiger partial charge on any atom is -0.343 e. The first kappa shape index (κ1) is 21.6. The fraction of sp³-hybridized carbons (Fsp3) is 0.389. The van der Waals surface area contributed by atoms with Gasteiger partial charge in [-0.05, 0) is 32.0 Å². The Bertz CT molecular complexity index is 999. The van der Waals surface area contributed by atoms with E-state index in [9.17, 15) is 9.59 Å². The average molecular weight is 451 g/mol. The Morgan fingerprint density at radius 1 is 1.21 bits per heavy atom. The van der Waals surface area contributed by atoms with Crippen LogP contribution in [0.3, 0.4) is 0 Å². The predicted molar refractivity (Wildman–Crippen MR) is 119 cm³/mol. The molecule has 0 spiro atoms. The van der Waals surface area contributed by atoms with Crippen molar-refractivity contribution in [1.82, 2.24) is 24.6 Å². The maximum Gasteiger partial charge on any atom is 0.234 e. The molecule has 3 rings (SSSR count). The molecule has 3 aromatic rings. The van der Waals surface area contributed by atoms with Gasteiger partial charge in [0.05, 0.1) is 21.7 Å². The van der Waals surface area contributed by atoms with Gasteiger partial charge in [-0.25, -0.2) is 4.98 Å². The van der Waals surface area contributed by atoms with Crippen LogP contribution >= 0.6 is 34.9 Å². The van der Waals surface area contributed by atoms with Crippen LogP contribution in [-0.4, -0.2) is 61.1 Å². The SMILES string of the molecule is CCN(CC)C(=O)CSc1nc2ccc(NC(=O)CSc3nncn3C)cc2s1. The summed E-state index contributed by atoms with van der Waals surface area (Å²) >= 11 is 4.31. The van der Waals surface area contributed by atoms with E-state index >= 15 is 0 Å². The summed E-state index contributed by atoms with van der Waals surface area (Å²) in [5.74, 6) is 0.639. The summed E-state index contributed by atoms with van der Waals surface area (Å²) in [6.07, 6.45) is 1.60. The second kappa shape index (κ2) is 10.1. The zero-order chi connectivity index (χ0) is 20.8. The maximum absolute atomic E-state index is 12.2. The number of nitrogens with zero attached hydrogens (tertiary/aromatic N) is 5. The minimum atomic E-state index is -0.110. The number of aryl methyl sites for hydroxylation is 1. The van der Waals surface area contributed by atoms with E-state index in [4.69, 9.17) is 0 Å². The normalized spacial score (nSPS) is 11.0. The first-order valence-corrected chi connectivity index (χ1v) is 11.9. The molecule has 0 aliphatic carbocycles. The van der Waals surface area contributed by atoms with Crippen molar-refractivity contribution in [2.24, 2.45) is 7.05 Å². The van der Waals surface area contributed by atoms with Gasteiger partial charge in [0.1, 0.15) is 6.33 Å². The molecule has 0 unspecified atom stereocenters. The van der Waals surface area contributed by atoms with Crippen molar-refractivity contribution in [1.29, 1.82) is 0 Å². The topological polar surface area (TPSA) is 93.0 Å². The number of benzene rings is 1. The summed E-state index contributed by atoms with van der Waals surface area (Å²) in [5, 5.41) is 11.3. The van der Waals surface area contributed by atoms with E-state index in [0.717, 1.165) is 20.2 Å². The van der Waals surface area contributed by atoms with Gasteiger partial charge in [0.2, 0.25) is 11.8 Å². The second-order valence-corrected chi connectivity index (χ2v) is 9.27. The van der Waals surface area contributed by atoms with E-state index in [1.54, 1.807) is 10.9 Å². The Hall–Kier alpha value is -2.11. The van der Waals surface area contributed by atoms with Gasteiger partial charge in [-0.15, -0.1) is 21.5 Å². The van der Waals surface area contributed by atoms with Crippen LogP contribution in [0.25, 0.3) is 10.2 Å². The van der Waals surface area contributed by atoms with E-state index in [-0.39, 0.29) is 17.6 Å². The van der Waals surface area contributed by atoms with Gasteiger partial charge in [-0.2, -0.15) is 0 Å². The van der Waals surface area contributed by atoms with Gasteiger partial charge in [-0.3, -0.25) is 9.59 Å². The number of fused-ring (bicyclic) bond motifs is 1. The monoisotopic (exact) mass is 450 g/mol. The first-order valence-electron chi connectivity index (χ1n) is 9.08. The van der Waals surface area contributed by atoms with Gasteiger partial charge in [0.15, 0.2) is 9.50 Å². The number of amides is 2. The molecule has 154 valence electrons. The Morgan fingerprint density at radius 3 is 2.69 bits per heavy atom. The molecule has 0 aliphatic heterocycles. The molecule has 0 radical (unpaired) electrons. The molecule has 1 aromatic carbocycles. The van der Waals surface area contributed by atoms with Crippen molar-refractivity contribution in [2.45, 2.75) is 23.3 Å². The highest BCUT2D eigenvalue weighted by Gasteiger charge is 2.13. The molecule has 0 bridgehead atoms. The molecule has 2 heterocycles. The summed E-state index contributed by atoms with van der Waals surface area (Å²) in [7, 11) is 1.84. The molecule has 0 atom stereocenters. The lowest BCUT2D eigenvalue weighted by atomic mass is 10.3. The highest BCUT2D eigenvalue weighted by Crippen LogP contribution is 2.31. The fourth-order valence-corrected chi connectivity index (χ4v) is 5.26. The number of thioether (sulfide) groups is 2. The molecule has 0 saturated carbocycles. The molecular formula is C18H22N6O2S3. The van der Waals surface area contributed by atoms with Crippen molar-refractivity contribution in [2.75, 3.05) is 29.9 Å². The third-order valence-electron chi connectivity index (χ3n) is 4.09. The summed E-state index contributed by atoms with van der Waals surface area (Å²) in [6, 6.07) is 5.63. The summed E-state index contributed by atoms with van der Waals surface area (Å²) in [5.41, 5.74) is 1.58. The quantitative estimate of drug-likeness (QED) is 0.501. The number of nitrogens with one attached hydrogen (secondary N) is 1. The highest BCUT2D eigenvalue weighted by molar-refractivity contribution is 8.01. The van der Waals surface area contributed by atoms with E-state index in [2.05, 4.69) is 20.5 Å². The van der Waals surface area contributed by atoms with Crippen molar-refractivity contribution in [3.05, 3.63) is 24.5 Å². The number of hydrogen-bond acceptors (Lipinski definition) is 8. The fourth-order valence-electron chi connectivity index (χ4n) is 2.56. The molecular weight excluding hydrogens is 428 g/mol. The van der Waals surface area contributed by atoms with Crippen LogP contribution in [0.15, 0.2) is 34.0 Å². The predicted octanol–water partition coefficient (Wildman–Crippen LogP) is 3.12. The third-order valence-corrected chi connectivity index (χ3v) is 7.27. The lowest BCUT2D eigenvalue weighted by molar-refractivity contribution is -0.128. The number of hydrogen-bond donors (Lipinski definition) is 1. The molecule has 0 aliphatic rings. The van der Waals surface area contributed by atoms with Crippen LogP contribution in [-0.2, 0) is 16.6 Å². The summed E-state index contributed by atoms with van der Waals surface area (Å²) in [4.78, 5) is 30.8. The van der Waals surface area contributed by atoms with Gasteiger partial charge < -0.3 is 14.8 Å². The van der Waals surface area contributed by atoms with Gasteiger partial charge >= 0.3 is 0 Å². The lowest BCUT2D eigenvalue weighted by Gasteiger charge is -2.17. The zero-order valence-corrected chi connectivity index (χ0v) is 18.9. The standard InChI is InChI=1S/C18H22N6O2S3/c1-4-24(5-2)16(26)10-28-18-21-13-7-6-12(8-14(13)29-18)20-15(25)9-27-17-22-19-11-23(17)3/h6-8,11H,4-5,9-10H2,1-3H3,(H,20,25). The van der Waals surface area contributed by atoms with Crippen LogP contribution < -0.4 is 5.32 Å². The smallest absolute Gasteiger partial charge is 0.234 e. The maximum atomic E-state index is 12.2. The van der Waals surface area contributed by atoms with Gasteiger partial charge in [0.25, 0.3) is 0 Å². The number of anilines is 1. The van der Waals surface area contributed by atoms with Crippen LogP contribution in [0, 0.1) is 0 Å². The van der Waals surface area contributed by atoms with Crippen molar-refractivity contribution >= 4 is 62.6 Å². The molecule has 0 saturated heterocycles. The number of thiazole rings is 1. The molecule has 2 aromatic heterocycles. The van der Waals surface area contributed by atoms with Crippen LogP contribution in [0.2, 0.25) is 0 Å². The molecule has 1 N–H and O–H groups in total. The summed E-state index contributed by atoms with van der Waals surface area (Å²) in [6.45, 7) is 5.39. The van der Waals surface area contributed by atoms with Crippen LogP contribution in [0.4, 0.5) is 5.69 Å². The van der Waals surface area contributed by atoms with E-state index in [0.29, 0.717) is 24.0 Å². The second-order valence-electron chi connectivity index (χ2n) is 6.08. The van der Waals surface area contributed by atoms with E-state index in [1.165, 1.54) is 34.9 Å². The molecule has 8 nitrogen and oxygen atoms in total. The lowest BCUT2D eigenvalue weighted by Crippen LogP contribution is -2.31. The molecule has 11 heteroatoms. The van der Waals surface area contributed by atoms with Crippen molar-refractivity contribution in [3.8, 4) is 0 Å². The summed E-state index contributed by atoms with van der Waals surface area (Å²) < 4.78 is 3.59. The number of carbonyl (C=O) groups excluding carboxylic acids is 2. The van der Waals surface area contributed by atoms with Gasteiger partial charge in [-0.1, -0.05) is 23.5 Å². The van der Waals surface area contributed by atoms with Gasteiger partial charge in [0, 0.05) is 25.8 Å². The van der Waals surface area contributed by atoms with E-state index < -0.39 is 0 Å². The molecule has 2 amide bonds. The Kier molecular flexibility index (Phi) is 7.51. The first-order chi connectivity index (χ1) is 14.0. The number of carbonyl (C=O) groups is 2.